The molecule has 3 atom stereocenters. The van der Waals surface area contributed by atoms with Gasteiger partial charge in [0.1, 0.15) is 13.2 Å². The fourth-order valence-electron chi connectivity index (χ4n) is 9.57. The van der Waals surface area contributed by atoms with Crippen LogP contribution in [0.2, 0.25) is 0 Å². The number of aliphatic hydroxyl groups is 1. The van der Waals surface area contributed by atoms with Crippen molar-refractivity contribution in [2.24, 2.45) is 0 Å². The topological polar surface area (TPSA) is 108 Å². The number of carbonyl (C=O) groups is 1. The third-order valence-corrected chi connectivity index (χ3v) is 15.7. The lowest BCUT2D eigenvalue weighted by molar-refractivity contribution is -0.870. The van der Waals surface area contributed by atoms with E-state index in [-0.39, 0.29) is 12.5 Å². The molecule has 0 radical (unpaired) electrons. The Bertz CT molecular complexity index is 1620. The van der Waals surface area contributed by atoms with Crippen molar-refractivity contribution in [3.63, 3.8) is 0 Å². The van der Waals surface area contributed by atoms with Gasteiger partial charge in [-0.1, -0.05) is 297 Å². The second kappa shape index (κ2) is 61.0. The lowest BCUT2D eigenvalue weighted by Gasteiger charge is -2.29. The van der Waals surface area contributed by atoms with Crippen LogP contribution in [0.5, 0.6) is 0 Å². The van der Waals surface area contributed by atoms with E-state index in [4.69, 9.17) is 9.05 Å². The Morgan fingerprint density at radius 2 is 0.775 bits per heavy atom. The molecule has 0 spiro atoms. The van der Waals surface area contributed by atoms with Crippen LogP contribution in [-0.2, 0) is 18.4 Å². The van der Waals surface area contributed by atoms with Crippen molar-refractivity contribution < 1.29 is 32.9 Å². The number of hydrogen-bond acceptors (Lipinski definition) is 6. The number of quaternary nitrogens is 1. The highest BCUT2D eigenvalue weighted by Crippen LogP contribution is 2.38. The number of carbonyl (C=O) groups excluding carboxylic acids is 1. The zero-order valence-electron chi connectivity index (χ0n) is 53.0. The molecule has 0 saturated carbocycles. The SMILES string of the molecule is CC/C=C\C/C=C\C/C=C\C/C=C\C/C=C\CCCCCCCCCCCCCC(=O)NC(COP(=O)([O-])OCC[N+](C)(C)C)C(O)/C=C/CC/C=C/CC/C=C/CCCCCCCCCCCCCCCCCCCCCCC. The van der Waals surface area contributed by atoms with Gasteiger partial charge in [0.25, 0.3) is 7.82 Å². The third kappa shape index (κ3) is 63.0. The summed E-state index contributed by atoms with van der Waals surface area (Å²) in [5.41, 5.74) is 0. The van der Waals surface area contributed by atoms with Gasteiger partial charge < -0.3 is 28.8 Å². The van der Waals surface area contributed by atoms with Crippen LogP contribution in [0.15, 0.2) is 97.2 Å². The molecular weight excluding hydrogens is 1010 g/mol. The molecule has 0 saturated heterocycles. The fraction of sp³-hybridized carbons (Fsp3) is 0.761. The smallest absolute Gasteiger partial charge is 0.268 e. The maximum Gasteiger partial charge on any atom is 0.268 e. The maximum atomic E-state index is 13.0. The molecule has 8 nitrogen and oxygen atoms in total. The minimum Gasteiger partial charge on any atom is -0.756 e. The number of nitrogens with one attached hydrogen (secondary N) is 1. The van der Waals surface area contributed by atoms with Crippen LogP contribution < -0.4 is 10.2 Å². The van der Waals surface area contributed by atoms with Crippen molar-refractivity contribution in [3.8, 4) is 0 Å². The molecule has 80 heavy (non-hydrogen) atoms. The Labute approximate surface area is 496 Å². The highest BCUT2D eigenvalue weighted by Gasteiger charge is 2.23. The number of allylic oxidation sites excluding steroid dienone is 15. The van der Waals surface area contributed by atoms with Gasteiger partial charge in [-0.3, -0.25) is 9.36 Å². The summed E-state index contributed by atoms with van der Waals surface area (Å²) in [6, 6.07) is -0.919. The van der Waals surface area contributed by atoms with Gasteiger partial charge in [-0.05, 0) is 89.9 Å². The van der Waals surface area contributed by atoms with Crippen molar-refractivity contribution in [3.05, 3.63) is 97.2 Å². The van der Waals surface area contributed by atoms with Gasteiger partial charge in [-0.15, -0.1) is 0 Å². The first-order valence-electron chi connectivity index (χ1n) is 33.6. The molecule has 2 N–H and O–H groups in total. The quantitative estimate of drug-likeness (QED) is 0.0272. The average molecular weight is 1140 g/mol. The van der Waals surface area contributed by atoms with E-state index in [1.165, 1.54) is 199 Å². The molecule has 9 heteroatoms. The van der Waals surface area contributed by atoms with Crippen LogP contribution in [0.4, 0.5) is 0 Å². The third-order valence-electron chi connectivity index (χ3n) is 14.8. The van der Waals surface area contributed by atoms with Crippen LogP contribution in [0, 0.1) is 0 Å². The Balaban J connectivity index is 4.19. The largest absolute Gasteiger partial charge is 0.756 e. The summed E-state index contributed by atoms with van der Waals surface area (Å²) in [5.74, 6) is -0.216. The zero-order chi connectivity index (χ0) is 58.4. The summed E-state index contributed by atoms with van der Waals surface area (Å²) in [7, 11) is 1.23. The highest BCUT2D eigenvalue weighted by molar-refractivity contribution is 7.45. The summed E-state index contributed by atoms with van der Waals surface area (Å²) in [4.78, 5) is 25.6. The predicted molar refractivity (Wildman–Crippen MR) is 348 cm³/mol. The van der Waals surface area contributed by atoms with Gasteiger partial charge in [-0.25, -0.2) is 0 Å². The molecule has 0 rings (SSSR count). The maximum absolute atomic E-state index is 13.0. The minimum absolute atomic E-state index is 0.0137. The first-order valence-corrected chi connectivity index (χ1v) is 35.1. The van der Waals surface area contributed by atoms with E-state index in [0.29, 0.717) is 17.4 Å². The molecule has 0 aromatic carbocycles. The van der Waals surface area contributed by atoms with E-state index in [9.17, 15) is 19.4 Å². The van der Waals surface area contributed by atoms with E-state index in [1.807, 2.05) is 27.2 Å². The lowest BCUT2D eigenvalue weighted by Crippen LogP contribution is -2.45. The lowest BCUT2D eigenvalue weighted by atomic mass is 10.0. The number of nitrogens with zero attached hydrogens (tertiary/aromatic N) is 1. The van der Waals surface area contributed by atoms with Crippen LogP contribution in [0.25, 0.3) is 0 Å². The highest BCUT2D eigenvalue weighted by atomic mass is 31.2. The fourth-order valence-corrected chi connectivity index (χ4v) is 10.3. The summed E-state index contributed by atoms with van der Waals surface area (Å²) < 4.78 is 23.4. The second-order valence-electron chi connectivity index (χ2n) is 23.8. The van der Waals surface area contributed by atoms with Crippen molar-refractivity contribution in [1.82, 2.24) is 5.32 Å². The molecule has 0 aliphatic carbocycles. The number of hydrogen-bond donors (Lipinski definition) is 2. The number of aliphatic hydroxyl groups excluding tert-OH is 1. The Morgan fingerprint density at radius 1 is 0.450 bits per heavy atom. The second-order valence-corrected chi connectivity index (χ2v) is 25.2. The Kier molecular flexibility index (Phi) is 59.0. The number of amides is 1. The number of rotatable bonds is 61. The minimum atomic E-state index is -4.62. The van der Waals surface area contributed by atoms with Crippen molar-refractivity contribution >= 4 is 13.7 Å². The van der Waals surface area contributed by atoms with E-state index in [0.717, 1.165) is 77.0 Å². The molecule has 464 valence electrons. The standard InChI is InChI=1S/C71H129N2O6P/c1-6-8-10-12-14-16-18-20-22-24-26-28-30-32-34-35-36-37-39-40-42-44-46-48-50-52-54-56-58-60-62-64-70(74)69(68-79-80(76,77)78-67-66-73(3,4)5)72-71(75)65-63-61-59-57-55-53-51-49-47-45-43-41-38-33-31-29-27-25-23-21-19-17-15-13-11-9-7-2/h9,11,15,17,21,23,27,29,33,38,46,48,54,56,62,64,69-70,74H,6-8,10,12-14,16,18-20,22,24-26,28,30-32,34-37,39-45,47,49-53,55,57-61,63,65-68H2,1-5H3,(H-,72,75,76,77)/b11-9-,17-15-,23-21-,29-27-,38-33-,48-46+,56-54+,64-62+. The van der Waals surface area contributed by atoms with Crippen molar-refractivity contribution in [2.45, 2.75) is 309 Å². The monoisotopic (exact) mass is 1140 g/mol. The molecule has 0 bridgehead atoms. The summed E-state index contributed by atoms with van der Waals surface area (Å²) in [5, 5.41) is 13.9. The van der Waals surface area contributed by atoms with E-state index in [2.05, 4.69) is 104 Å². The van der Waals surface area contributed by atoms with E-state index >= 15 is 0 Å². The van der Waals surface area contributed by atoms with Crippen LogP contribution in [0.1, 0.15) is 296 Å². The Morgan fingerprint density at radius 3 is 1.16 bits per heavy atom. The molecule has 0 heterocycles. The molecule has 0 aliphatic heterocycles. The first kappa shape index (κ1) is 77.4. The zero-order valence-corrected chi connectivity index (χ0v) is 53.9. The first-order chi connectivity index (χ1) is 39.0. The van der Waals surface area contributed by atoms with E-state index < -0.39 is 26.6 Å². The summed E-state index contributed by atoms with van der Waals surface area (Å²) in [6.07, 6.45) is 88.1. The van der Waals surface area contributed by atoms with Crippen LogP contribution >= 0.6 is 7.82 Å². The summed E-state index contributed by atoms with van der Waals surface area (Å²) >= 11 is 0. The molecular formula is C71H129N2O6P. The van der Waals surface area contributed by atoms with Gasteiger partial charge in [0.15, 0.2) is 0 Å². The number of unbranched alkanes of at least 4 members (excludes halogenated alkanes) is 34. The molecule has 0 fully saturated rings. The predicted octanol–water partition coefficient (Wildman–Crippen LogP) is 20.7. The van der Waals surface area contributed by atoms with Crippen LogP contribution in [-0.4, -0.2) is 68.5 Å². The molecule has 3 unspecified atom stereocenters. The van der Waals surface area contributed by atoms with Gasteiger partial charge in [-0.2, -0.15) is 0 Å². The molecule has 0 aromatic rings. The summed E-state index contributed by atoms with van der Waals surface area (Å²) in [6.45, 7) is 4.53. The van der Waals surface area contributed by atoms with Crippen LogP contribution in [0.3, 0.4) is 0 Å². The molecule has 0 aromatic heterocycles. The van der Waals surface area contributed by atoms with E-state index in [1.54, 1.807) is 6.08 Å². The van der Waals surface area contributed by atoms with Gasteiger partial charge >= 0.3 is 0 Å². The number of phosphoric acid groups is 1. The van der Waals surface area contributed by atoms with Gasteiger partial charge in [0.05, 0.1) is 39.9 Å². The molecule has 1 amide bonds. The van der Waals surface area contributed by atoms with Crippen molar-refractivity contribution in [1.29, 1.82) is 0 Å². The molecule has 0 aliphatic rings. The van der Waals surface area contributed by atoms with Gasteiger partial charge in [0, 0.05) is 6.42 Å². The Hall–Kier alpha value is -2.58. The van der Waals surface area contributed by atoms with Crippen molar-refractivity contribution in [2.75, 3.05) is 40.9 Å². The van der Waals surface area contributed by atoms with Gasteiger partial charge in [0.2, 0.25) is 5.91 Å². The normalized spacial score (nSPS) is 14.3. The number of likely N-dealkylation sites (N-methyl/N-ethyl adjacent to an activating group) is 1. The average Bonchev–Trinajstić information content (AvgIpc) is 3.42. The number of phosphoric ester groups is 1.